The van der Waals surface area contributed by atoms with Crippen molar-refractivity contribution in [2.45, 2.75) is 33.0 Å². The van der Waals surface area contributed by atoms with E-state index in [1.165, 1.54) is 18.2 Å². The molecule has 2 unspecified atom stereocenters. The summed E-state index contributed by atoms with van der Waals surface area (Å²) in [5.74, 6) is -0.0342. The molecule has 0 aromatic carbocycles. The number of hydrogen-bond donors (Lipinski definition) is 1. The van der Waals surface area contributed by atoms with Gasteiger partial charge >= 0.3 is 0 Å². The molecule has 0 aromatic heterocycles. The molecule has 0 bridgehead atoms. The average Bonchev–Trinajstić information content (AvgIpc) is 2.15. The molecule has 0 heterocycles. The van der Waals surface area contributed by atoms with Crippen LogP contribution in [0.1, 0.15) is 26.7 Å². The lowest BCUT2D eigenvalue weighted by atomic mass is 10.0. The van der Waals surface area contributed by atoms with Crippen LogP contribution in [0.25, 0.3) is 0 Å². The quantitative estimate of drug-likeness (QED) is 0.549. The molecule has 0 amide bonds. The van der Waals surface area contributed by atoms with E-state index in [9.17, 15) is 5.11 Å². The molecule has 0 aromatic rings. The molecular formula is C11H19ClO2. The Kier molecular flexibility index (Phi) is 7.86. The Morgan fingerprint density at radius 3 is 2.57 bits per heavy atom. The van der Waals surface area contributed by atoms with Gasteiger partial charge in [-0.3, -0.25) is 0 Å². The summed E-state index contributed by atoms with van der Waals surface area (Å²) >= 11 is 5.48. The number of methoxy groups -OCH3 is 1. The van der Waals surface area contributed by atoms with Crippen LogP contribution in [0, 0.1) is 5.92 Å². The van der Waals surface area contributed by atoms with Crippen LogP contribution in [0.4, 0.5) is 0 Å². The van der Waals surface area contributed by atoms with Crippen molar-refractivity contribution in [3.63, 3.8) is 0 Å². The average molecular weight is 219 g/mol. The number of halogens is 1. The molecule has 0 spiro atoms. The zero-order valence-electron chi connectivity index (χ0n) is 9.03. The smallest absolute Gasteiger partial charge is 0.160 e. The van der Waals surface area contributed by atoms with Gasteiger partial charge in [-0.2, -0.15) is 0 Å². The second-order valence-electron chi connectivity index (χ2n) is 3.47. The maximum absolute atomic E-state index is 9.46. The fourth-order valence-electron chi connectivity index (χ4n) is 1.17. The van der Waals surface area contributed by atoms with Crippen molar-refractivity contribution in [1.82, 2.24) is 0 Å². The molecule has 0 aliphatic rings. The Labute approximate surface area is 91.2 Å². The lowest BCUT2D eigenvalue weighted by Gasteiger charge is -2.17. The molecule has 0 saturated heterocycles. The Morgan fingerprint density at radius 1 is 1.50 bits per heavy atom. The lowest BCUT2D eigenvalue weighted by molar-refractivity contribution is -0.101. The van der Waals surface area contributed by atoms with Crippen LogP contribution >= 0.6 is 11.6 Å². The van der Waals surface area contributed by atoms with Gasteiger partial charge in [0.15, 0.2) is 6.29 Å². The van der Waals surface area contributed by atoms with E-state index in [-0.39, 0.29) is 5.92 Å². The maximum atomic E-state index is 9.46. The van der Waals surface area contributed by atoms with Crippen molar-refractivity contribution in [1.29, 1.82) is 0 Å². The molecule has 0 radical (unpaired) electrons. The summed E-state index contributed by atoms with van der Waals surface area (Å²) in [4.78, 5) is 0. The monoisotopic (exact) mass is 218 g/mol. The standard InChI is InChI=1S/C11H19ClO2/c1-9(2)5-4-6-10(7-8-12)11(13)14-3/h5,7-8,10-11,13H,4,6H2,1-3H3. The van der Waals surface area contributed by atoms with Crippen LogP contribution < -0.4 is 0 Å². The van der Waals surface area contributed by atoms with Crippen LogP contribution in [0.5, 0.6) is 0 Å². The summed E-state index contributed by atoms with van der Waals surface area (Å²) in [5, 5.41) is 9.46. The first-order valence-corrected chi connectivity index (χ1v) is 5.16. The van der Waals surface area contributed by atoms with Gasteiger partial charge in [0.2, 0.25) is 0 Å². The molecule has 1 N–H and O–H groups in total. The van der Waals surface area contributed by atoms with Crippen molar-refractivity contribution >= 4 is 11.6 Å². The molecule has 0 aliphatic heterocycles. The van der Waals surface area contributed by atoms with Crippen molar-refractivity contribution < 1.29 is 9.84 Å². The van der Waals surface area contributed by atoms with Gasteiger partial charge in [0.25, 0.3) is 0 Å². The Hall–Kier alpha value is -0.310. The van der Waals surface area contributed by atoms with Gasteiger partial charge in [-0.15, -0.1) is 0 Å². The van der Waals surface area contributed by atoms with Crippen LogP contribution in [0.3, 0.4) is 0 Å². The van der Waals surface area contributed by atoms with E-state index in [1.807, 2.05) is 0 Å². The highest BCUT2D eigenvalue weighted by molar-refractivity contribution is 6.25. The Balaban J connectivity index is 4.03. The minimum Gasteiger partial charge on any atom is -0.367 e. The van der Waals surface area contributed by atoms with Crippen molar-refractivity contribution in [3.8, 4) is 0 Å². The van der Waals surface area contributed by atoms with E-state index in [0.29, 0.717) is 0 Å². The van der Waals surface area contributed by atoms with Crippen LogP contribution in [0.2, 0.25) is 0 Å². The molecule has 0 saturated carbocycles. The van der Waals surface area contributed by atoms with Gasteiger partial charge in [0, 0.05) is 18.6 Å². The third-order valence-corrected chi connectivity index (χ3v) is 2.13. The highest BCUT2D eigenvalue weighted by atomic mass is 35.5. The minimum absolute atomic E-state index is 0.0342. The van der Waals surface area contributed by atoms with E-state index in [0.717, 1.165) is 12.8 Å². The van der Waals surface area contributed by atoms with Crippen molar-refractivity contribution in [2.24, 2.45) is 5.92 Å². The second kappa shape index (κ2) is 8.04. The summed E-state index contributed by atoms with van der Waals surface area (Å²) in [5.41, 5.74) is 2.71. The number of allylic oxidation sites excluding steroid dienone is 2. The van der Waals surface area contributed by atoms with Gasteiger partial charge in [-0.1, -0.05) is 29.3 Å². The molecule has 0 rings (SSSR count). The fourth-order valence-corrected chi connectivity index (χ4v) is 1.35. The SMILES string of the molecule is COC(O)C(C=CCl)CCC=C(C)C. The second-order valence-corrected chi connectivity index (χ2v) is 3.72. The van der Waals surface area contributed by atoms with E-state index >= 15 is 0 Å². The topological polar surface area (TPSA) is 29.5 Å². The molecule has 3 heteroatoms. The lowest BCUT2D eigenvalue weighted by Crippen LogP contribution is -2.20. The minimum atomic E-state index is -0.768. The Bertz CT molecular complexity index is 195. The van der Waals surface area contributed by atoms with Gasteiger partial charge in [0.1, 0.15) is 0 Å². The van der Waals surface area contributed by atoms with Crippen molar-refractivity contribution in [2.75, 3.05) is 7.11 Å². The van der Waals surface area contributed by atoms with Gasteiger partial charge in [-0.25, -0.2) is 0 Å². The molecule has 14 heavy (non-hydrogen) atoms. The Morgan fingerprint density at radius 2 is 2.14 bits per heavy atom. The highest BCUT2D eigenvalue weighted by Crippen LogP contribution is 2.15. The zero-order chi connectivity index (χ0) is 11.0. The van der Waals surface area contributed by atoms with Gasteiger partial charge < -0.3 is 9.84 Å². The van der Waals surface area contributed by atoms with Gasteiger partial charge in [-0.05, 0) is 26.7 Å². The first-order chi connectivity index (χ1) is 6.61. The summed E-state index contributed by atoms with van der Waals surface area (Å²) in [6.45, 7) is 4.11. The van der Waals surface area contributed by atoms with E-state index in [4.69, 9.17) is 16.3 Å². The van der Waals surface area contributed by atoms with E-state index < -0.39 is 6.29 Å². The number of rotatable bonds is 6. The number of aliphatic hydroxyl groups is 1. The first kappa shape index (κ1) is 13.7. The third-order valence-electron chi connectivity index (χ3n) is 1.98. The molecule has 2 nitrogen and oxygen atoms in total. The maximum Gasteiger partial charge on any atom is 0.160 e. The van der Waals surface area contributed by atoms with E-state index in [1.54, 1.807) is 6.08 Å². The van der Waals surface area contributed by atoms with Crippen LogP contribution in [-0.2, 0) is 4.74 Å². The molecule has 0 aliphatic carbocycles. The molecule has 82 valence electrons. The largest absolute Gasteiger partial charge is 0.367 e. The molecule has 0 fully saturated rings. The number of hydrogen-bond acceptors (Lipinski definition) is 2. The normalized spacial score (nSPS) is 15.5. The summed E-state index contributed by atoms with van der Waals surface area (Å²) in [6, 6.07) is 0. The van der Waals surface area contributed by atoms with Crippen molar-refractivity contribution in [3.05, 3.63) is 23.3 Å². The number of aliphatic hydroxyl groups excluding tert-OH is 1. The summed E-state index contributed by atoms with van der Waals surface area (Å²) in [7, 11) is 1.49. The van der Waals surface area contributed by atoms with E-state index in [2.05, 4.69) is 19.9 Å². The summed E-state index contributed by atoms with van der Waals surface area (Å²) in [6.07, 6.45) is 4.89. The number of ether oxygens (including phenoxy) is 1. The van der Waals surface area contributed by atoms with Crippen LogP contribution in [0.15, 0.2) is 23.3 Å². The zero-order valence-corrected chi connectivity index (χ0v) is 9.79. The van der Waals surface area contributed by atoms with Crippen LogP contribution in [-0.4, -0.2) is 18.5 Å². The fraction of sp³-hybridized carbons (Fsp3) is 0.636. The predicted molar refractivity (Wildman–Crippen MR) is 60.2 cm³/mol. The first-order valence-electron chi connectivity index (χ1n) is 4.73. The molecular weight excluding hydrogens is 200 g/mol. The summed E-state index contributed by atoms with van der Waals surface area (Å²) < 4.78 is 4.85. The van der Waals surface area contributed by atoms with Gasteiger partial charge in [0.05, 0.1) is 0 Å². The highest BCUT2D eigenvalue weighted by Gasteiger charge is 2.14. The molecule has 2 atom stereocenters. The third kappa shape index (κ3) is 6.19. The predicted octanol–water partition coefficient (Wildman–Crippen LogP) is 3.07.